The number of nitrogens with zero attached hydrogens (tertiary/aromatic N) is 2. The van der Waals surface area contributed by atoms with E-state index in [1.54, 1.807) is 11.8 Å². The van der Waals surface area contributed by atoms with Crippen LogP contribution in [0.2, 0.25) is 5.02 Å². The number of aromatic nitrogens is 2. The normalized spacial score (nSPS) is 12.5. The number of carbonyl (C=O) groups excluding carboxylic acids is 2. The number of nitrogens with one attached hydrogen (secondary N) is 2. The highest BCUT2D eigenvalue weighted by molar-refractivity contribution is 7.98. The van der Waals surface area contributed by atoms with Crippen LogP contribution < -0.4 is 10.6 Å². The maximum atomic E-state index is 14.1. The first-order valence-corrected chi connectivity index (χ1v) is 10.8. The van der Waals surface area contributed by atoms with Crippen LogP contribution in [0, 0.1) is 5.82 Å². The Morgan fingerprint density at radius 1 is 1.13 bits per heavy atom. The molecule has 3 aromatic rings. The van der Waals surface area contributed by atoms with E-state index in [0.717, 1.165) is 16.8 Å². The van der Waals surface area contributed by atoms with Crippen molar-refractivity contribution in [2.24, 2.45) is 0 Å². The fourth-order valence-corrected chi connectivity index (χ4v) is 4.48. The summed E-state index contributed by atoms with van der Waals surface area (Å²) in [6, 6.07) is 13.6. The van der Waals surface area contributed by atoms with Gasteiger partial charge >= 0.3 is 0 Å². The van der Waals surface area contributed by atoms with Gasteiger partial charge in [-0.3, -0.25) is 9.59 Å². The summed E-state index contributed by atoms with van der Waals surface area (Å²) < 4.78 is 15.6. The zero-order chi connectivity index (χ0) is 21.1. The molecule has 0 fully saturated rings. The van der Waals surface area contributed by atoms with E-state index in [4.69, 9.17) is 11.6 Å². The van der Waals surface area contributed by atoms with Gasteiger partial charge in [0.05, 0.1) is 16.3 Å². The summed E-state index contributed by atoms with van der Waals surface area (Å²) >= 11 is 7.67. The third kappa shape index (κ3) is 4.34. The van der Waals surface area contributed by atoms with Crippen molar-refractivity contribution < 1.29 is 14.0 Å². The Morgan fingerprint density at radius 2 is 1.93 bits per heavy atom. The van der Waals surface area contributed by atoms with Crippen LogP contribution in [0.25, 0.3) is 0 Å². The molecule has 0 radical (unpaired) electrons. The van der Waals surface area contributed by atoms with Crippen LogP contribution in [0.4, 0.5) is 10.2 Å². The minimum Gasteiger partial charge on any atom is -0.350 e. The minimum absolute atomic E-state index is 0.0187. The van der Waals surface area contributed by atoms with Crippen LogP contribution >= 0.6 is 23.4 Å². The van der Waals surface area contributed by atoms with Crippen LogP contribution in [-0.4, -0.2) is 21.6 Å². The Labute approximate surface area is 181 Å². The number of anilines is 1. The first-order chi connectivity index (χ1) is 14.5. The Balaban J connectivity index is 1.52. The van der Waals surface area contributed by atoms with Gasteiger partial charge in [0.15, 0.2) is 0 Å². The summed E-state index contributed by atoms with van der Waals surface area (Å²) in [5.41, 5.74) is 2.40. The van der Waals surface area contributed by atoms with E-state index in [0.29, 0.717) is 23.9 Å². The second-order valence-electron chi connectivity index (χ2n) is 6.74. The summed E-state index contributed by atoms with van der Waals surface area (Å²) in [6.07, 6.45) is 0. The Hall–Kier alpha value is -2.84. The van der Waals surface area contributed by atoms with Crippen molar-refractivity contribution in [1.29, 1.82) is 0 Å². The molecule has 154 valence electrons. The van der Waals surface area contributed by atoms with Crippen molar-refractivity contribution in [3.63, 3.8) is 0 Å². The molecule has 6 nitrogen and oxygen atoms in total. The summed E-state index contributed by atoms with van der Waals surface area (Å²) in [5, 5.41) is 10.0. The van der Waals surface area contributed by atoms with Crippen molar-refractivity contribution in [1.82, 2.24) is 15.1 Å². The molecule has 0 atom stereocenters. The van der Waals surface area contributed by atoms with Crippen LogP contribution in [0.3, 0.4) is 0 Å². The van der Waals surface area contributed by atoms with E-state index < -0.39 is 11.7 Å². The fourth-order valence-electron chi connectivity index (χ4n) is 3.19. The van der Waals surface area contributed by atoms with Gasteiger partial charge in [-0.1, -0.05) is 48.0 Å². The van der Waals surface area contributed by atoms with Crippen molar-refractivity contribution in [3.8, 4) is 0 Å². The topological polar surface area (TPSA) is 76.0 Å². The van der Waals surface area contributed by atoms with Gasteiger partial charge < -0.3 is 10.6 Å². The molecule has 1 aromatic heterocycles. The molecule has 1 aliphatic rings. The summed E-state index contributed by atoms with van der Waals surface area (Å²) in [6.45, 7) is 0.328. The van der Waals surface area contributed by atoms with Crippen LogP contribution in [0.15, 0.2) is 48.5 Å². The molecule has 2 aromatic carbocycles. The van der Waals surface area contributed by atoms with E-state index in [2.05, 4.69) is 15.7 Å². The molecule has 0 saturated heterocycles. The zero-order valence-electron chi connectivity index (χ0n) is 15.8. The highest BCUT2D eigenvalue weighted by atomic mass is 35.5. The number of carbonyl (C=O) groups is 2. The highest BCUT2D eigenvalue weighted by Gasteiger charge is 2.26. The molecule has 1 aliphatic heterocycles. The predicted molar refractivity (Wildman–Crippen MR) is 115 cm³/mol. The SMILES string of the molecule is O=C(Cn1nc2c(c1NC(=O)c1c(F)cccc1Cl)CSC2)NCc1ccccc1. The minimum atomic E-state index is -0.710. The van der Waals surface area contributed by atoms with Crippen molar-refractivity contribution in [3.05, 3.63) is 81.8 Å². The number of rotatable bonds is 6. The molecule has 0 spiro atoms. The second kappa shape index (κ2) is 8.89. The fraction of sp³-hybridized carbons (Fsp3) is 0.190. The highest BCUT2D eigenvalue weighted by Crippen LogP contribution is 2.35. The van der Waals surface area contributed by atoms with Gasteiger partial charge in [0.2, 0.25) is 5.91 Å². The molecule has 30 heavy (non-hydrogen) atoms. The lowest BCUT2D eigenvalue weighted by Gasteiger charge is -2.12. The molecule has 4 rings (SSSR count). The third-order valence-electron chi connectivity index (χ3n) is 4.67. The van der Waals surface area contributed by atoms with Crippen molar-refractivity contribution in [2.45, 2.75) is 24.6 Å². The number of hydrogen-bond acceptors (Lipinski definition) is 4. The Bertz CT molecular complexity index is 1080. The van der Waals surface area contributed by atoms with Gasteiger partial charge in [0, 0.05) is 23.6 Å². The van der Waals surface area contributed by atoms with E-state index in [-0.39, 0.29) is 23.0 Å². The zero-order valence-corrected chi connectivity index (χ0v) is 17.4. The molecule has 2 heterocycles. The Morgan fingerprint density at radius 3 is 2.70 bits per heavy atom. The molecular weight excluding hydrogens is 427 g/mol. The number of benzene rings is 2. The number of halogens is 2. The lowest BCUT2D eigenvalue weighted by molar-refractivity contribution is -0.122. The van der Waals surface area contributed by atoms with Gasteiger partial charge in [-0.25, -0.2) is 9.07 Å². The first kappa shape index (κ1) is 20.4. The number of amides is 2. The molecule has 0 aliphatic carbocycles. The molecule has 0 saturated carbocycles. The third-order valence-corrected chi connectivity index (χ3v) is 5.95. The maximum absolute atomic E-state index is 14.1. The van der Waals surface area contributed by atoms with Gasteiger partial charge in [-0.05, 0) is 17.7 Å². The van der Waals surface area contributed by atoms with Crippen LogP contribution in [0.1, 0.15) is 27.2 Å². The van der Waals surface area contributed by atoms with Crippen molar-refractivity contribution >= 4 is 41.0 Å². The summed E-state index contributed by atoms with van der Waals surface area (Å²) in [4.78, 5) is 25.2. The summed E-state index contributed by atoms with van der Waals surface area (Å²) in [7, 11) is 0. The lowest BCUT2D eigenvalue weighted by Crippen LogP contribution is -2.29. The smallest absolute Gasteiger partial charge is 0.261 e. The number of fused-ring (bicyclic) bond motifs is 1. The predicted octanol–water partition coefficient (Wildman–Crippen LogP) is 3.99. The van der Waals surface area contributed by atoms with Gasteiger partial charge in [-0.2, -0.15) is 16.9 Å². The van der Waals surface area contributed by atoms with E-state index in [1.165, 1.54) is 22.9 Å². The van der Waals surface area contributed by atoms with E-state index >= 15 is 0 Å². The quantitative estimate of drug-likeness (QED) is 0.602. The van der Waals surface area contributed by atoms with Gasteiger partial charge in [0.25, 0.3) is 5.91 Å². The number of thioether (sulfide) groups is 1. The molecule has 2 amide bonds. The Kier molecular flexibility index (Phi) is 6.06. The maximum Gasteiger partial charge on any atom is 0.261 e. The average molecular weight is 445 g/mol. The average Bonchev–Trinajstić information content (AvgIpc) is 3.30. The van der Waals surface area contributed by atoms with E-state index in [9.17, 15) is 14.0 Å². The second-order valence-corrected chi connectivity index (χ2v) is 8.13. The first-order valence-electron chi connectivity index (χ1n) is 9.25. The molecule has 2 N–H and O–H groups in total. The lowest BCUT2D eigenvalue weighted by atomic mass is 10.2. The largest absolute Gasteiger partial charge is 0.350 e. The molecule has 0 bridgehead atoms. The standard InChI is InChI=1S/C21H18ClFN4O2S/c22-15-7-4-8-16(23)19(15)21(29)25-20-14-11-30-12-17(14)26-27(20)10-18(28)24-9-13-5-2-1-3-6-13/h1-8H,9-12H2,(H,24,28)(H,25,29). The molecular formula is C21H18ClFN4O2S. The molecule has 9 heteroatoms. The van der Waals surface area contributed by atoms with Crippen LogP contribution in [-0.2, 0) is 29.4 Å². The van der Waals surface area contributed by atoms with E-state index in [1.807, 2.05) is 30.3 Å². The van der Waals surface area contributed by atoms with Gasteiger partial charge in [-0.15, -0.1) is 0 Å². The monoisotopic (exact) mass is 444 g/mol. The van der Waals surface area contributed by atoms with Gasteiger partial charge in [0.1, 0.15) is 18.2 Å². The van der Waals surface area contributed by atoms with Crippen LogP contribution in [0.5, 0.6) is 0 Å². The summed E-state index contributed by atoms with van der Waals surface area (Å²) in [5.74, 6) is 0.112. The molecule has 0 unspecified atom stereocenters. The number of hydrogen-bond donors (Lipinski definition) is 2. The van der Waals surface area contributed by atoms with Crippen molar-refractivity contribution in [2.75, 3.05) is 5.32 Å².